The molecule has 0 spiro atoms. The maximum atomic E-state index is 5.44. The summed E-state index contributed by atoms with van der Waals surface area (Å²) in [6, 6.07) is 3.89. The van der Waals surface area contributed by atoms with Gasteiger partial charge in [-0.2, -0.15) is 11.8 Å². The van der Waals surface area contributed by atoms with Crippen LogP contribution >= 0.6 is 35.7 Å². The number of aryl methyl sites for hydroxylation is 1. The lowest BCUT2D eigenvalue weighted by molar-refractivity contribution is 0.398. The molecule has 0 bridgehead atoms. The number of hydrogen-bond acceptors (Lipinski definition) is 5. The second-order valence-corrected chi connectivity index (χ2v) is 6.69. The molecule has 1 N–H and O–H groups in total. The molecule has 0 aliphatic carbocycles. The lowest BCUT2D eigenvalue weighted by atomic mass is 10.4. The highest BCUT2D eigenvalue weighted by Gasteiger charge is 2.09. The maximum Gasteiger partial charge on any atom is 0.194 e. The number of nitrogens with one attached hydrogen (secondary N) is 1. The Morgan fingerprint density at radius 1 is 1.46 bits per heavy atom. The van der Waals surface area contributed by atoms with Crippen LogP contribution in [-0.2, 0) is 19.5 Å². The Kier molecular flexibility index (Phi) is 11.4. The van der Waals surface area contributed by atoms with E-state index in [0.717, 1.165) is 55.8 Å². The molecule has 0 aromatic carbocycles. The summed E-state index contributed by atoms with van der Waals surface area (Å²) in [5, 5.41) is 11.5. The number of aromatic nitrogens is 3. The number of guanidine groups is 1. The zero-order valence-corrected chi connectivity index (χ0v) is 18.9. The molecule has 2 aromatic rings. The van der Waals surface area contributed by atoms with Gasteiger partial charge in [0.25, 0.3) is 0 Å². The topological polar surface area (TPSA) is 71.5 Å². The molecule has 26 heavy (non-hydrogen) atoms. The standard InChI is InChI=1S/C17H28N6OS.HI/c1-4-16-21-20-14-23(16)10-9-19-17(18-8-6-12-25-3)22(2)13-15-7-5-11-24-15;/h5,7,11,14H,4,6,8-10,12-13H2,1-3H3,(H,18,19);1H. The Morgan fingerprint density at radius 3 is 3.00 bits per heavy atom. The van der Waals surface area contributed by atoms with Crippen molar-refractivity contribution < 1.29 is 4.42 Å². The third kappa shape index (κ3) is 7.56. The van der Waals surface area contributed by atoms with Crippen LogP contribution in [0.4, 0.5) is 0 Å². The molecule has 2 rings (SSSR count). The molecule has 0 radical (unpaired) electrons. The molecule has 7 nitrogen and oxygen atoms in total. The molecule has 2 heterocycles. The Labute approximate surface area is 177 Å². The van der Waals surface area contributed by atoms with E-state index in [1.807, 2.05) is 30.9 Å². The molecule has 0 aliphatic rings. The molecule has 146 valence electrons. The van der Waals surface area contributed by atoms with E-state index in [9.17, 15) is 0 Å². The number of aliphatic imine (C=N–C) groups is 1. The van der Waals surface area contributed by atoms with Crippen molar-refractivity contribution >= 4 is 41.7 Å². The van der Waals surface area contributed by atoms with Crippen LogP contribution in [0.2, 0.25) is 0 Å². The van der Waals surface area contributed by atoms with Crippen molar-refractivity contribution in [3.05, 3.63) is 36.3 Å². The van der Waals surface area contributed by atoms with Crippen molar-refractivity contribution in [2.75, 3.05) is 32.1 Å². The minimum Gasteiger partial charge on any atom is -0.467 e. The molecule has 9 heteroatoms. The second-order valence-electron chi connectivity index (χ2n) is 5.71. The van der Waals surface area contributed by atoms with Crippen molar-refractivity contribution in [3.63, 3.8) is 0 Å². The van der Waals surface area contributed by atoms with Gasteiger partial charge in [0.15, 0.2) is 5.96 Å². The normalized spacial score (nSPS) is 11.3. The van der Waals surface area contributed by atoms with Gasteiger partial charge in [-0.05, 0) is 30.6 Å². The highest BCUT2D eigenvalue weighted by Crippen LogP contribution is 2.04. The number of hydrogen-bond donors (Lipinski definition) is 1. The zero-order chi connectivity index (χ0) is 17.9. The summed E-state index contributed by atoms with van der Waals surface area (Å²) in [7, 11) is 2.03. The highest BCUT2D eigenvalue weighted by atomic mass is 127. The lowest BCUT2D eigenvalue weighted by Gasteiger charge is -2.22. The fourth-order valence-corrected chi connectivity index (χ4v) is 2.86. The van der Waals surface area contributed by atoms with Crippen molar-refractivity contribution in [1.29, 1.82) is 0 Å². The van der Waals surface area contributed by atoms with Gasteiger partial charge in [0.1, 0.15) is 17.9 Å². The molecule has 0 saturated carbocycles. The first-order chi connectivity index (χ1) is 12.2. The first kappa shape index (κ1) is 22.8. The average molecular weight is 492 g/mol. The third-order valence-corrected chi connectivity index (χ3v) is 4.45. The third-order valence-electron chi connectivity index (χ3n) is 3.75. The van der Waals surface area contributed by atoms with E-state index >= 15 is 0 Å². The van der Waals surface area contributed by atoms with Crippen LogP contribution in [0.25, 0.3) is 0 Å². The van der Waals surface area contributed by atoms with Gasteiger partial charge in [0.2, 0.25) is 0 Å². The summed E-state index contributed by atoms with van der Waals surface area (Å²) in [6.45, 7) is 5.18. The fourth-order valence-electron chi connectivity index (χ4n) is 2.44. The van der Waals surface area contributed by atoms with Gasteiger partial charge in [-0.25, -0.2) is 0 Å². The van der Waals surface area contributed by atoms with E-state index < -0.39 is 0 Å². The Balaban J connectivity index is 0.00000338. The molecule has 0 fully saturated rings. The summed E-state index contributed by atoms with van der Waals surface area (Å²) < 4.78 is 7.52. The number of halogens is 1. The van der Waals surface area contributed by atoms with E-state index in [-0.39, 0.29) is 24.0 Å². The fraction of sp³-hybridized carbons (Fsp3) is 0.588. The van der Waals surface area contributed by atoms with Gasteiger partial charge < -0.3 is 19.2 Å². The zero-order valence-electron chi connectivity index (χ0n) is 15.7. The molecule has 0 unspecified atom stereocenters. The Hall–Kier alpha value is -1.23. The van der Waals surface area contributed by atoms with Gasteiger partial charge in [0.05, 0.1) is 12.8 Å². The van der Waals surface area contributed by atoms with Gasteiger partial charge in [-0.1, -0.05) is 6.92 Å². The molecular weight excluding hydrogens is 463 g/mol. The van der Waals surface area contributed by atoms with E-state index in [1.165, 1.54) is 0 Å². The summed E-state index contributed by atoms with van der Waals surface area (Å²) in [5.74, 6) is 3.94. The number of rotatable bonds is 10. The van der Waals surface area contributed by atoms with Crippen molar-refractivity contribution in [2.45, 2.75) is 32.9 Å². The van der Waals surface area contributed by atoms with Gasteiger partial charge in [-0.15, -0.1) is 34.2 Å². The van der Waals surface area contributed by atoms with Crippen LogP contribution in [0, 0.1) is 0 Å². The lowest BCUT2D eigenvalue weighted by Crippen LogP contribution is -2.40. The van der Waals surface area contributed by atoms with Crippen LogP contribution in [0.3, 0.4) is 0 Å². The summed E-state index contributed by atoms with van der Waals surface area (Å²) in [5.41, 5.74) is 0. The predicted octanol–water partition coefficient (Wildman–Crippen LogP) is 2.88. The molecular formula is C17H29IN6OS. The van der Waals surface area contributed by atoms with Crippen molar-refractivity contribution in [1.82, 2.24) is 25.0 Å². The quantitative estimate of drug-likeness (QED) is 0.238. The highest BCUT2D eigenvalue weighted by molar-refractivity contribution is 14.0. The Morgan fingerprint density at radius 2 is 2.31 bits per heavy atom. The van der Waals surface area contributed by atoms with E-state index in [1.54, 1.807) is 12.6 Å². The van der Waals surface area contributed by atoms with Crippen molar-refractivity contribution in [3.8, 4) is 0 Å². The largest absolute Gasteiger partial charge is 0.467 e. The van der Waals surface area contributed by atoms with Crippen LogP contribution < -0.4 is 5.32 Å². The van der Waals surface area contributed by atoms with Crippen LogP contribution in [0.15, 0.2) is 34.1 Å². The first-order valence-electron chi connectivity index (χ1n) is 8.62. The molecule has 0 saturated heterocycles. The number of nitrogens with zero attached hydrogens (tertiary/aromatic N) is 5. The monoisotopic (exact) mass is 492 g/mol. The Bertz CT molecular complexity index is 631. The smallest absolute Gasteiger partial charge is 0.194 e. The van der Waals surface area contributed by atoms with Crippen molar-refractivity contribution in [2.24, 2.45) is 4.99 Å². The molecule has 2 aromatic heterocycles. The SMILES string of the molecule is CCc1nncn1CCNC(=NCCCSC)N(C)Cc1ccco1.I. The van der Waals surface area contributed by atoms with Crippen LogP contribution in [-0.4, -0.2) is 57.8 Å². The summed E-state index contributed by atoms with van der Waals surface area (Å²) in [6.07, 6.45) is 7.56. The van der Waals surface area contributed by atoms with Crippen LogP contribution in [0.5, 0.6) is 0 Å². The molecule has 0 amide bonds. The minimum atomic E-state index is 0. The van der Waals surface area contributed by atoms with E-state index in [0.29, 0.717) is 6.54 Å². The van der Waals surface area contributed by atoms with Crippen LogP contribution in [0.1, 0.15) is 24.9 Å². The summed E-state index contributed by atoms with van der Waals surface area (Å²) >= 11 is 1.85. The van der Waals surface area contributed by atoms with Gasteiger partial charge in [0, 0.05) is 33.1 Å². The molecule has 0 aliphatic heterocycles. The van der Waals surface area contributed by atoms with E-state index in [2.05, 4.69) is 38.2 Å². The summed E-state index contributed by atoms with van der Waals surface area (Å²) in [4.78, 5) is 6.83. The predicted molar refractivity (Wildman–Crippen MR) is 118 cm³/mol. The second kappa shape index (κ2) is 13.0. The van der Waals surface area contributed by atoms with Gasteiger partial charge in [-0.3, -0.25) is 4.99 Å². The first-order valence-corrected chi connectivity index (χ1v) is 10.0. The minimum absolute atomic E-state index is 0. The van der Waals surface area contributed by atoms with E-state index in [4.69, 9.17) is 9.41 Å². The number of thioether (sulfide) groups is 1. The molecule has 0 atom stereocenters. The number of furan rings is 1. The van der Waals surface area contributed by atoms with Gasteiger partial charge >= 0.3 is 0 Å². The maximum absolute atomic E-state index is 5.44. The average Bonchev–Trinajstić information content (AvgIpc) is 3.28.